The van der Waals surface area contributed by atoms with Gasteiger partial charge in [0, 0.05) is 12.4 Å². The molecule has 0 saturated carbocycles. The van der Waals surface area contributed by atoms with Crippen LogP contribution in [0.25, 0.3) is 5.69 Å². The quantitative estimate of drug-likeness (QED) is 0.772. The monoisotopic (exact) mass is 228 g/mol. The molecule has 0 N–H and O–H groups in total. The van der Waals surface area contributed by atoms with E-state index in [0.29, 0.717) is 11.8 Å². The Morgan fingerprint density at radius 1 is 1.00 bits per heavy atom. The molecule has 2 nitrogen and oxygen atoms in total. The fraction of sp³-hybridized carbons (Fsp3) is 0.400. The van der Waals surface area contributed by atoms with Gasteiger partial charge in [-0.3, -0.25) is 0 Å². The lowest BCUT2D eigenvalue weighted by atomic mass is 9.92. The van der Waals surface area contributed by atoms with Crippen molar-refractivity contribution in [1.29, 1.82) is 0 Å². The summed E-state index contributed by atoms with van der Waals surface area (Å²) in [7, 11) is 0. The molecule has 0 spiro atoms. The van der Waals surface area contributed by atoms with Gasteiger partial charge in [0.1, 0.15) is 0 Å². The molecule has 2 heteroatoms. The van der Waals surface area contributed by atoms with Crippen LogP contribution in [0.2, 0.25) is 0 Å². The molecule has 1 heterocycles. The highest BCUT2D eigenvalue weighted by molar-refractivity contribution is 5.51. The van der Waals surface area contributed by atoms with Crippen LogP contribution in [-0.4, -0.2) is 9.55 Å². The van der Waals surface area contributed by atoms with Crippen LogP contribution in [0.1, 0.15) is 50.7 Å². The van der Waals surface area contributed by atoms with Gasteiger partial charge in [0.15, 0.2) is 0 Å². The van der Waals surface area contributed by atoms with Crippen molar-refractivity contribution >= 4 is 0 Å². The predicted molar refractivity (Wildman–Crippen MR) is 71.7 cm³/mol. The summed E-state index contributed by atoms with van der Waals surface area (Å²) in [5, 5.41) is 0. The molecule has 0 radical (unpaired) electrons. The molecule has 1 aromatic carbocycles. The second-order valence-electron chi connectivity index (χ2n) is 5.06. The van der Waals surface area contributed by atoms with E-state index in [9.17, 15) is 0 Å². The van der Waals surface area contributed by atoms with Crippen molar-refractivity contribution in [2.75, 3.05) is 0 Å². The average molecular weight is 228 g/mol. The summed E-state index contributed by atoms with van der Waals surface area (Å²) in [6, 6.07) is 6.59. The standard InChI is InChI=1S/C15H20N2/c1-11(2)13-6-5-7-14(12(3)4)15(13)17-9-8-16-10-17/h5-12H,1-4H3. The van der Waals surface area contributed by atoms with E-state index in [1.165, 1.54) is 16.8 Å². The maximum Gasteiger partial charge on any atom is 0.0991 e. The number of aromatic nitrogens is 2. The molecule has 0 aliphatic carbocycles. The minimum atomic E-state index is 0.520. The number of benzene rings is 1. The Morgan fingerprint density at radius 3 is 2.00 bits per heavy atom. The Balaban J connectivity index is 2.67. The van der Waals surface area contributed by atoms with E-state index in [2.05, 4.69) is 55.4 Å². The number of para-hydroxylation sites is 1. The van der Waals surface area contributed by atoms with Gasteiger partial charge >= 0.3 is 0 Å². The third-order valence-corrected chi connectivity index (χ3v) is 3.11. The first-order chi connectivity index (χ1) is 8.11. The van der Waals surface area contributed by atoms with Crippen LogP contribution >= 0.6 is 0 Å². The summed E-state index contributed by atoms with van der Waals surface area (Å²) < 4.78 is 2.13. The van der Waals surface area contributed by atoms with E-state index in [1.807, 2.05) is 18.7 Å². The Hall–Kier alpha value is -1.57. The molecule has 17 heavy (non-hydrogen) atoms. The van der Waals surface area contributed by atoms with Crippen LogP contribution in [0.4, 0.5) is 0 Å². The predicted octanol–water partition coefficient (Wildman–Crippen LogP) is 4.12. The maximum absolute atomic E-state index is 4.16. The third kappa shape index (κ3) is 2.26. The number of hydrogen-bond donors (Lipinski definition) is 0. The maximum atomic E-state index is 4.16. The summed E-state index contributed by atoms with van der Waals surface area (Å²) in [4.78, 5) is 4.16. The van der Waals surface area contributed by atoms with Crippen molar-refractivity contribution in [3.63, 3.8) is 0 Å². The number of nitrogens with zero attached hydrogens (tertiary/aromatic N) is 2. The van der Waals surface area contributed by atoms with Crippen LogP contribution in [0.3, 0.4) is 0 Å². The molecular formula is C15H20N2. The third-order valence-electron chi connectivity index (χ3n) is 3.11. The van der Waals surface area contributed by atoms with Gasteiger partial charge in [-0.2, -0.15) is 0 Å². The Labute approximate surface area is 103 Å². The highest BCUT2D eigenvalue weighted by Gasteiger charge is 2.14. The molecule has 0 atom stereocenters. The van der Waals surface area contributed by atoms with Crippen LogP contribution in [0, 0.1) is 0 Å². The Morgan fingerprint density at radius 2 is 1.59 bits per heavy atom. The van der Waals surface area contributed by atoms with E-state index in [4.69, 9.17) is 0 Å². The molecule has 0 saturated heterocycles. The zero-order valence-electron chi connectivity index (χ0n) is 11.0. The summed E-state index contributed by atoms with van der Waals surface area (Å²) in [5.41, 5.74) is 4.07. The Bertz CT molecular complexity index is 455. The largest absolute Gasteiger partial charge is 0.306 e. The average Bonchev–Trinajstić information content (AvgIpc) is 2.80. The van der Waals surface area contributed by atoms with Gasteiger partial charge in [0.25, 0.3) is 0 Å². The lowest BCUT2D eigenvalue weighted by Gasteiger charge is -2.19. The van der Waals surface area contributed by atoms with Gasteiger partial charge < -0.3 is 4.57 Å². The fourth-order valence-electron chi connectivity index (χ4n) is 2.20. The zero-order valence-corrected chi connectivity index (χ0v) is 11.0. The summed E-state index contributed by atoms with van der Waals surface area (Å²) >= 11 is 0. The van der Waals surface area contributed by atoms with E-state index in [-0.39, 0.29) is 0 Å². The summed E-state index contributed by atoms with van der Waals surface area (Å²) in [6.45, 7) is 8.94. The minimum absolute atomic E-state index is 0.520. The van der Waals surface area contributed by atoms with Crippen molar-refractivity contribution in [3.8, 4) is 5.69 Å². The van der Waals surface area contributed by atoms with E-state index in [1.54, 1.807) is 0 Å². The number of imidazole rings is 1. The molecule has 1 aromatic heterocycles. The van der Waals surface area contributed by atoms with Gasteiger partial charge in [-0.1, -0.05) is 45.9 Å². The molecule has 90 valence electrons. The van der Waals surface area contributed by atoms with Gasteiger partial charge in [0.2, 0.25) is 0 Å². The second-order valence-corrected chi connectivity index (χ2v) is 5.06. The molecule has 0 bridgehead atoms. The van der Waals surface area contributed by atoms with E-state index < -0.39 is 0 Å². The summed E-state index contributed by atoms with van der Waals surface area (Å²) in [5.74, 6) is 1.04. The molecule has 0 aliphatic rings. The first-order valence-corrected chi connectivity index (χ1v) is 6.22. The van der Waals surface area contributed by atoms with E-state index >= 15 is 0 Å². The van der Waals surface area contributed by atoms with Crippen molar-refractivity contribution in [3.05, 3.63) is 48.0 Å². The second kappa shape index (κ2) is 4.74. The van der Waals surface area contributed by atoms with Crippen molar-refractivity contribution in [1.82, 2.24) is 9.55 Å². The SMILES string of the molecule is CC(C)c1cccc(C(C)C)c1-n1ccnc1. The fourth-order valence-corrected chi connectivity index (χ4v) is 2.20. The number of rotatable bonds is 3. The van der Waals surface area contributed by atoms with Crippen LogP contribution in [0.5, 0.6) is 0 Å². The normalized spacial score (nSPS) is 11.4. The molecule has 2 aromatic rings. The number of hydrogen-bond acceptors (Lipinski definition) is 1. The smallest absolute Gasteiger partial charge is 0.0991 e. The van der Waals surface area contributed by atoms with Crippen molar-refractivity contribution in [2.45, 2.75) is 39.5 Å². The topological polar surface area (TPSA) is 17.8 Å². The molecular weight excluding hydrogens is 208 g/mol. The van der Waals surface area contributed by atoms with Crippen LogP contribution in [-0.2, 0) is 0 Å². The molecule has 2 rings (SSSR count). The molecule has 0 unspecified atom stereocenters. The van der Waals surface area contributed by atoms with Gasteiger partial charge in [-0.05, 0) is 23.0 Å². The highest BCUT2D eigenvalue weighted by Crippen LogP contribution is 2.30. The Kier molecular flexibility index (Phi) is 3.32. The molecule has 0 amide bonds. The van der Waals surface area contributed by atoms with Gasteiger partial charge in [-0.25, -0.2) is 4.98 Å². The van der Waals surface area contributed by atoms with E-state index in [0.717, 1.165) is 0 Å². The molecule has 0 fully saturated rings. The lowest BCUT2D eigenvalue weighted by molar-refractivity contribution is 0.805. The lowest BCUT2D eigenvalue weighted by Crippen LogP contribution is -2.05. The highest BCUT2D eigenvalue weighted by atomic mass is 15.0. The first-order valence-electron chi connectivity index (χ1n) is 6.22. The van der Waals surface area contributed by atoms with Gasteiger partial charge in [-0.15, -0.1) is 0 Å². The van der Waals surface area contributed by atoms with Crippen LogP contribution < -0.4 is 0 Å². The van der Waals surface area contributed by atoms with Gasteiger partial charge in [0.05, 0.1) is 12.0 Å². The minimum Gasteiger partial charge on any atom is -0.306 e. The van der Waals surface area contributed by atoms with Crippen molar-refractivity contribution < 1.29 is 0 Å². The molecule has 0 aliphatic heterocycles. The zero-order chi connectivity index (χ0) is 12.4. The first kappa shape index (κ1) is 11.9. The summed E-state index contributed by atoms with van der Waals surface area (Å²) in [6.07, 6.45) is 5.74. The van der Waals surface area contributed by atoms with Crippen molar-refractivity contribution in [2.24, 2.45) is 0 Å². The van der Waals surface area contributed by atoms with Crippen LogP contribution in [0.15, 0.2) is 36.9 Å².